The zero-order valence-electron chi connectivity index (χ0n) is 19.2. The van der Waals surface area contributed by atoms with Gasteiger partial charge >= 0.3 is 11.8 Å². The lowest BCUT2D eigenvalue weighted by atomic mass is 10.1. The normalized spacial score (nSPS) is 10.6. The van der Waals surface area contributed by atoms with Gasteiger partial charge in [-0.3, -0.25) is 14.4 Å². The SMILES string of the molecule is Cc1ccc(NC(=O)C(=O)N/N=C\c2cccc(OCC(=O)Nc3ccc(C)cc3C)c2)cc1. The molecular weight excluding hydrogens is 432 g/mol. The van der Waals surface area contributed by atoms with E-state index in [4.69, 9.17) is 4.74 Å². The van der Waals surface area contributed by atoms with Gasteiger partial charge in [-0.15, -0.1) is 0 Å². The number of amides is 3. The van der Waals surface area contributed by atoms with Gasteiger partial charge in [-0.25, -0.2) is 5.43 Å². The molecule has 0 saturated heterocycles. The van der Waals surface area contributed by atoms with Crippen LogP contribution < -0.4 is 20.8 Å². The van der Waals surface area contributed by atoms with Crippen LogP contribution in [0.3, 0.4) is 0 Å². The molecule has 0 fully saturated rings. The standard InChI is InChI=1S/C26H26N4O4/c1-17-7-10-21(11-8-17)28-25(32)26(33)30-27-15-20-5-4-6-22(14-20)34-16-24(31)29-23-12-9-18(2)13-19(23)3/h4-15H,16H2,1-3H3,(H,28,32)(H,29,31)(H,30,33)/b27-15-. The molecule has 0 aliphatic heterocycles. The Bertz CT molecular complexity index is 1220. The first-order valence-electron chi connectivity index (χ1n) is 10.6. The van der Waals surface area contributed by atoms with Crippen molar-refractivity contribution in [1.82, 2.24) is 5.43 Å². The Hall–Kier alpha value is -4.46. The predicted molar refractivity (Wildman–Crippen MR) is 132 cm³/mol. The van der Waals surface area contributed by atoms with Crippen molar-refractivity contribution in [2.75, 3.05) is 17.2 Å². The van der Waals surface area contributed by atoms with E-state index < -0.39 is 11.8 Å². The summed E-state index contributed by atoms with van der Waals surface area (Å²) in [6.45, 7) is 5.68. The molecule has 0 aliphatic rings. The van der Waals surface area contributed by atoms with Crippen LogP contribution in [0.15, 0.2) is 71.8 Å². The third-order valence-electron chi connectivity index (χ3n) is 4.78. The number of nitrogens with zero attached hydrogens (tertiary/aromatic N) is 1. The van der Waals surface area contributed by atoms with Gasteiger partial charge < -0.3 is 15.4 Å². The molecule has 174 valence electrons. The van der Waals surface area contributed by atoms with Gasteiger partial charge in [-0.2, -0.15) is 5.10 Å². The number of hydrogen-bond acceptors (Lipinski definition) is 5. The van der Waals surface area contributed by atoms with Gasteiger partial charge in [0.2, 0.25) is 0 Å². The smallest absolute Gasteiger partial charge is 0.329 e. The largest absolute Gasteiger partial charge is 0.484 e. The maximum Gasteiger partial charge on any atom is 0.329 e. The fraction of sp³-hybridized carbons (Fsp3) is 0.154. The van der Waals surface area contributed by atoms with E-state index in [-0.39, 0.29) is 12.5 Å². The molecule has 0 atom stereocenters. The summed E-state index contributed by atoms with van der Waals surface area (Å²) in [5.74, 6) is -1.54. The number of aryl methyl sites for hydroxylation is 3. The Morgan fingerprint density at radius 3 is 2.32 bits per heavy atom. The first-order valence-corrected chi connectivity index (χ1v) is 10.6. The molecule has 3 aromatic rings. The number of rotatable bonds is 7. The number of hydrogen-bond donors (Lipinski definition) is 3. The Labute approximate surface area is 198 Å². The van der Waals surface area contributed by atoms with Gasteiger partial charge in [0.1, 0.15) is 5.75 Å². The number of nitrogens with one attached hydrogen (secondary N) is 3. The van der Waals surface area contributed by atoms with E-state index in [0.29, 0.717) is 17.0 Å². The molecule has 0 aromatic heterocycles. The van der Waals surface area contributed by atoms with Gasteiger partial charge in [0, 0.05) is 11.4 Å². The minimum absolute atomic E-state index is 0.163. The van der Waals surface area contributed by atoms with E-state index in [1.807, 2.05) is 51.1 Å². The van der Waals surface area contributed by atoms with E-state index in [0.717, 1.165) is 22.4 Å². The van der Waals surface area contributed by atoms with Crippen LogP contribution in [0.2, 0.25) is 0 Å². The van der Waals surface area contributed by atoms with Crippen molar-refractivity contribution >= 4 is 35.3 Å². The van der Waals surface area contributed by atoms with Crippen molar-refractivity contribution in [3.8, 4) is 5.75 Å². The molecule has 3 N–H and O–H groups in total. The highest BCUT2D eigenvalue weighted by atomic mass is 16.5. The molecule has 3 rings (SSSR count). The quantitative estimate of drug-likeness (QED) is 0.285. The van der Waals surface area contributed by atoms with Crippen LogP contribution in [0.25, 0.3) is 0 Å². The number of carbonyl (C=O) groups excluding carboxylic acids is 3. The molecule has 8 nitrogen and oxygen atoms in total. The summed E-state index contributed by atoms with van der Waals surface area (Å²) >= 11 is 0. The number of hydrazone groups is 1. The molecule has 34 heavy (non-hydrogen) atoms. The van der Waals surface area contributed by atoms with Gasteiger partial charge in [0.15, 0.2) is 6.61 Å². The third kappa shape index (κ3) is 7.30. The zero-order chi connectivity index (χ0) is 24.5. The second-order valence-electron chi connectivity index (χ2n) is 7.75. The van der Waals surface area contributed by atoms with Gasteiger partial charge in [0.05, 0.1) is 6.21 Å². The summed E-state index contributed by atoms with van der Waals surface area (Å²) in [6, 6.07) is 19.7. The molecular formula is C26H26N4O4. The van der Waals surface area contributed by atoms with E-state index in [1.54, 1.807) is 36.4 Å². The monoisotopic (exact) mass is 458 g/mol. The first-order chi connectivity index (χ1) is 16.3. The van der Waals surface area contributed by atoms with Crippen LogP contribution in [-0.4, -0.2) is 30.5 Å². The Morgan fingerprint density at radius 2 is 1.59 bits per heavy atom. The average molecular weight is 459 g/mol. The first kappa shape index (κ1) is 24.2. The van der Waals surface area contributed by atoms with E-state index in [1.165, 1.54) is 6.21 Å². The highest BCUT2D eigenvalue weighted by Gasteiger charge is 2.12. The maximum absolute atomic E-state index is 12.2. The molecule has 8 heteroatoms. The number of anilines is 2. The highest BCUT2D eigenvalue weighted by Crippen LogP contribution is 2.16. The summed E-state index contributed by atoms with van der Waals surface area (Å²) in [6.07, 6.45) is 1.37. The van der Waals surface area contributed by atoms with Crippen molar-refractivity contribution in [2.45, 2.75) is 20.8 Å². The second-order valence-corrected chi connectivity index (χ2v) is 7.75. The molecule has 0 unspecified atom stereocenters. The van der Waals surface area contributed by atoms with Crippen LogP contribution in [0.4, 0.5) is 11.4 Å². The molecule has 3 aromatic carbocycles. The van der Waals surface area contributed by atoms with Crippen molar-refractivity contribution < 1.29 is 19.1 Å². The zero-order valence-corrected chi connectivity index (χ0v) is 19.2. The van der Waals surface area contributed by atoms with Crippen LogP contribution in [0.5, 0.6) is 5.75 Å². The lowest BCUT2D eigenvalue weighted by Gasteiger charge is -2.10. The second kappa shape index (κ2) is 11.4. The fourth-order valence-corrected chi connectivity index (χ4v) is 3.01. The van der Waals surface area contributed by atoms with Crippen molar-refractivity contribution in [2.24, 2.45) is 5.10 Å². The number of ether oxygens (including phenoxy) is 1. The molecule has 0 bridgehead atoms. The lowest BCUT2D eigenvalue weighted by Crippen LogP contribution is -2.32. The van der Waals surface area contributed by atoms with Gasteiger partial charge in [-0.1, -0.05) is 47.5 Å². The minimum Gasteiger partial charge on any atom is -0.484 e. The predicted octanol–water partition coefficient (Wildman–Crippen LogP) is 3.72. The topological polar surface area (TPSA) is 109 Å². The summed E-state index contributed by atoms with van der Waals surface area (Å²) in [4.78, 5) is 36.1. The van der Waals surface area contributed by atoms with Crippen LogP contribution >= 0.6 is 0 Å². The Morgan fingerprint density at radius 1 is 0.853 bits per heavy atom. The summed E-state index contributed by atoms with van der Waals surface area (Å²) < 4.78 is 5.56. The van der Waals surface area contributed by atoms with Gasteiger partial charge in [-0.05, 0) is 62.2 Å². The summed E-state index contributed by atoms with van der Waals surface area (Å²) in [7, 11) is 0. The number of benzene rings is 3. The average Bonchev–Trinajstić information content (AvgIpc) is 2.81. The molecule has 0 aliphatic carbocycles. The highest BCUT2D eigenvalue weighted by molar-refractivity contribution is 6.39. The van der Waals surface area contributed by atoms with E-state index in [9.17, 15) is 14.4 Å². The fourth-order valence-electron chi connectivity index (χ4n) is 3.01. The summed E-state index contributed by atoms with van der Waals surface area (Å²) in [5.41, 5.74) is 7.19. The molecule has 0 saturated carbocycles. The molecule has 0 spiro atoms. The Balaban J connectivity index is 1.48. The van der Waals surface area contributed by atoms with Crippen LogP contribution in [0.1, 0.15) is 22.3 Å². The molecule has 0 radical (unpaired) electrons. The molecule has 3 amide bonds. The maximum atomic E-state index is 12.2. The minimum atomic E-state index is -0.896. The Kier molecular flexibility index (Phi) is 8.12. The summed E-state index contributed by atoms with van der Waals surface area (Å²) in [5, 5.41) is 9.13. The number of carbonyl (C=O) groups is 3. The van der Waals surface area contributed by atoms with E-state index >= 15 is 0 Å². The van der Waals surface area contributed by atoms with Gasteiger partial charge in [0.25, 0.3) is 5.91 Å². The van der Waals surface area contributed by atoms with E-state index in [2.05, 4.69) is 21.2 Å². The third-order valence-corrected chi connectivity index (χ3v) is 4.78. The van der Waals surface area contributed by atoms with Crippen molar-refractivity contribution in [1.29, 1.82) is 0 Å². The molecule has 0 heterocycles. The van der Waals surface area contributed by atoms with Crippen molar-refractivity contribution in [3.05, 3.63) is 89.0 Å². The van der Waals surface area contributed by atoms with Crippen LogP contribution in [0, 0.1) is 20.8 Å². The lowest BCUT2D eigenvalue weighted by molar-refractivity contribution is -0.136. The van der Waals surface area contributed by atoms with Crippen molar-refractivity contribution in [3.63, 3.8) is 0 Å². The van der Waals surface area contributed by atoms with Crippen LogP contribution in [-0.2, 0) is 14.4 Å².